The Hall–Kier alpha value is -1.62. The average Bonchev–Trinajstić information content (AvgIpc) is 2.38. The zero-order valence-electron chi connectivity index (χ0n) is 10.8. The Morgan fingerprint density at radius 2 is 2.11 bits per heavy atom. The van der Waals surface area contributed by atoms with Crippen LogP contribution in [-0.2, 0) is 0 Å². The second-order valence-corrected chi connectivity index (χ2v) is 3.85. The lowest BCUT2D eigenvalue weighted by molar-refractivity contribution is 0.0950. The highest BCUT2D eigenvalue weighted by Gasteiger charge is 2.11. The van der Waals surface area contributed by atoms with Crippen LogP contribution < -0.4 is 15.4 Å². The van der Waals surface area contributed by atoms with E-state index in [-0.39, 0.29) is 5.56 Å². The molecule has 5 heteroatoms. The van der Waals surface area contributed by atoms with E-state index in [1.807, 2.05) is 0 Å². The molecule has 0 saturated heterocycles. The van der Waals surface area contributed by atoms with Crippen LogP contribution in [0.5, 0.6) is 5.75 Å². The fourth-order valence-electron chi connectivity index (χ4n) is 1.47. The molecule has 1 rings (SSSR count). The highest BCUT2D eigenvalue weighted by Crippen LogP contribution is 2.15. The lowest BCUT2D eigenvalue weighted by Gasteiger charge is -2.07. The molecule has 0 fully saturated rings. The van der Waals surface area contributed by atoms with Gasteiger partial charge in [0.25, 0.3) is 5.91 Å². The molecular weight excluding hydrogens is 235 g/mol. The number of nitrogens with one attached hydrogen (secondary N) is 2. The van der Waals surface area contributed by atoms with Crippen molar-refractivity contribution in [1.29, 1.82) is 0 Å². The third-order valence-electron chi connectivity index (χ3n) is 2.43. The normalized spacial score (nSPS) is 10.2. The highest BCUT2D eigenvalue weighted by atomic mass is 19.1. The lowest BCUT2D eigenvalue weighted by Crippen LogP contribution is -2.32. The summed E-state index contributed by atoms with van der Waals surface area (Å²) in [5, 5.41) is 5.80. The summed E-state index contributed by atoms with van der Waals surface area (Å²) in [5.41, 5.74) is 0.0336. The minimum Gasteiger partial charge on any atom is -0.497 e. The minimum absolute atomic E-state index is 0.0336. The Morgan fingerprint density at radius 3 is 2.72 bits per heavy atom. The lowest BCUT2D eigenvalue weighted by atomic mass is 10.2. The van der Waals surface area contributed by atoms with Crippen molar-refractivity contribution in [3.05, 3.63) is 29.6 Å². The van der Waals surface area contributed by atoms with Crippen molar-refractivity contribution in [2.75, 3.05) is 26.7 Å². The Balaban J connectivity index is 2.46. The number of hydrogen-bond donors (Lipinski definition) is 2. The van der Waals surface area contributed by atoms with Crippen LogP contribution >= 0.6 is 0 Å². The van der Waals surface area contributed by atoms with Crippen molar-refractivity contribution < 1.29 is 13.9 Å². The van der Waals surface area contributed by atoms with E-state index >= 15 is 0 Å². The van der Waals surface area contributed by atoms with Gasteiger partial charge in [0, 0.05) is 19.2 Å². The molecule has 1 amide bonds. The van der Waals surface area contributed by atoms with Crippen LogP contribution in [-0.4, -0.2) is 32.7 Å². The van der Waals surface area contributed by atoms with Gasteiger partial charge in [-0.15, -0.1) is 0 Å². The second kappa shape index (κ2) is 7.66. The first kappa shape index (κ1) is 14.4. The van der Waals surface area contributed by atoms with Gasteiger partial charge in [-0.05, 0) is 25.1 Å². The first-order valence-corrected chi connectivity index (χ1v) is 6.01. The molecule has 0 aliphatic rings. The SMILES string of the molecule is CCCNCCNC(=O)c1ccc(OC)cc1F. The average molecular weight is 254 g/mol. The first-order chi connectivity index (χ1) is 8.69. The summed E-state index contributed by atoms with van der Waals surface area (Å²) < 4.78 is 18.4. The van der Waals surface area contributed by atoms with Gasteiger partial charge in [0.05, 0.1) is 12.7 Å². The summed E-state index contributed by atoms with van der Waals surface area (Å²) in [5.74, 6) is -0.588. The van der Waals surface area contributed by atoms with Crippen LogP contribution in [0.15, 0.2) is 18.2 Å². The molecule has 2 N–H and O–H groups in total. The molecule has 0 heterocycles. The first-order valence-electron chi connectivity index (χ1n) is 6.01. The largest absolute Gasteiger partial charge is 0.497 e. The van der Waals surface area contributed by atoms with Gasteiger partial charge in [0.15, 0.2) is 0 Å². The van der Waals surface area contributed by atoms with E-state index in [2.05, 4.69) is 17.6 Å². The smallest absolute Gasteiger partial charge is 0.254 e. The summed E-state index contributed by atoms with van der Waals surface area (Å²) in [4.78, 5) is 11.7. The van der Waals surface area contributed by atoms with Crippen molar-refractivity contribution in [3.63, 3.8) is 0 Å². The van der Waals surface area contributed by atoms with E-state index in [0.717, 1.165) is 13.0 Å². The van der Waals surface area contributed by atoms with Gasteiger partial charge in [0.2, 0.25) is 0 Å². The Labute approximate surface area is 107 Å². The van der Waals surface area contributed by atoms with Crippen LogP contribution in [0.4, 0.5) is 4.39 Å². The number of methoxy groups -OCH3 is 1. The van der Waals surface area contributed by atoms with Crippen molar-refractivity contribution in [1.82, 2.24) is 10.6 Å². The van der Waals surface area contributed by atoms with Gasteiger partial charge in [-0.1, -0.05) is 6.92 Å². The van der Waals surface area contributed by atoms with Crippen LogP contribution in [0, 0.1) is 5.82 Å². The van der Waals surface area contributed by atoms with E-state index in [1.54, 1.807) is 6.07 Å². The molecule has 0 radical (unpaired) electrons. The molecule has 18 heavy (non-hydrogen) atoms. The molecule has 1 aromatic rings. The number of rotatable bonds is 7. The molecular formula is C13H19FN2O2. The molecule has 0 bridgehead atoms. The van der Waals surface area contributed by atoms with Gasteiger partial charge < -0.3 is 15.4 Å². The Morgan fingerprint density at radius 1 is 1.33 bits per heavy atom. The molecule has 1 aromatic carbocycles. The number of ether oxygens (including phenoxy) is 1. The van der Waals surface area contributed by atoms with Crippen LogP contribution in [0.3, 0.4) is 0 Å². The van der Waals surface area contributed by atoms with E-state index < -0.39 is 11.7 Å². The zero-order valence-corrected chi connectivity index (χ0v) is 10.8. The van der Waals surface area contributed by atoms with Crippen molar-refractivity contribution in [3.8, 4) is 5.75 Å². The molecule has 0 aromatic heterocycles. The second-order valence-electron chi connectivity index (χ2n) is 3.85. The standard InChI is InChI=1S/C13H19FN2O2/c1-3-6-15-7-8-16-13(17)11-5-4-10(18-2)9-12(11)14/h4-5,9,15H,3,6-8H2,1-2H3,(H,16,17). The van der Waals surface area contributed by atoms with E-state index in [0.29, 0.717) is 18.8 Å². The number of amides is 1. The number of carbonyl (C=O) groups is 1. The molecule has 100 valence electrons. The summed E-state index contributed by atoms with van der Waals surface area (Å²) in [7, 11) is 1.45. The molecule has 4 nitrogen and oxygen atoms in total. The predicted molar refractivity (Wildman–Crippen MR) is 68.4 cm³/mol. The maximum atomic E-state index is 13.6. The molecule has 0 aliphatic carbocycles. The number of carbonyl (C=O) groups excluding carboxylic acids is 1. The van der Waals surface area contributed by atoms with Crippen LogP contribution in [0.1, 0.15) is 23.7 Å². The maximum Gasteiger partial charge on any atom is 0.254 e. The summed E-state index contributed by atoms with van der Waals surface area (Å²) >= 11 is 0. The van der Waals surface area contributed by atoms with Gasteiger partial charge in [-0.25, -0.2) is 4.39 Å². The molecule has 0 unspecified atom stereocenters. The van der Waals surface area contributed by atoms with Crippen LogP contribution in [0.2, 0.25) is 0 Å². The van der Waals surface area contributed by atoms with Crippen molar-refractivity contribution in [2.45, 2.75) is 13.3 Å². The topological polar surface area (TPSA) is 50.4 Å². The van der Waals surface area contributed by atoms with Crippen LogP contribution in [0.25, 0.3) is 0 Å². The van der Waals surface area contributed by atoms with Gasteiger partial charge in [-0.2, -0.15) is 0 Å². The van der Waals surface area contributed by atoms with E-state index in [9.17, 15) is 9.18 Å². The summed E-state index contributed by atoms with van der Waals surface area (Å²) in [6, 6.07) is 4.18. The monoisotopic (exact) mass is 254 g/mol. The van der Waals surface area contributed by atoms with E-state index in [1.165, 1.54) is 19.2 Å². The van der Waals surface area contributed by atoms with Crippen molar-refractivity contribution >= 4 is 5.91 Å². The Kier molecular flexibility index (Phi) is 6.14. The zero-order chi connectivity index (χ0) is 13.4. The summed E-state index contributed by atoms with van der Waals surface area (Å²) in [6.45, 7) is 4.13. The van der Waals surface area contributed by atoms with Gasteiger partial charge in [-0.3, -0.25) is 4.79 Å². The molecule has 0 spiro atoms. The quantitative estimate of drug-likeness (QED) is 0.726. The fourth-order valence-corrected chi connectivity index (χ4v) is 1.47. The molecule has 0 atom stereocenters. The van der Waals surface area contributed by atoms with Gasteiger partial charge in [0.1, 0.15) is 11.6 Å². The number of halogens is 1. The maximum absolute atomic E-state index is 13.6. The van der Waals surface area contributed by atoms with E-state index in [4.69, 9.17) is 4.74 Å². The summed E-state index contributed by atoms with van der Waals surface area (Å²) in [6.07, 6.45) is 1.04. The highest BCUT2D eigenvalue weighted by molar-refractivity contribution is 5.94. The molecule has 0 aliphatic heterocycles. The number of hydrogen-bond acceptors (Lipinski definition) is 3. The third-order valence-corrected chi connectivity index (χ3v) is 2.43. The predicted octanol–water partition coefficient (Wildman–Crippen LogP) is 1.56. The molecule has 0 saturated carbocycles. The third kappa shape index (κ3) is 4.33. The minimum atomic E-state index is -0.576. The fraction of sp³-hybridized carbons (Fsp3) is 0.462. The Bertz CT molecular complexity index is 397. The van der Waals surface area contributed by atoms with Crippen molar-refractivity contribution in [2.24, 2.45) is 0 Å². The number of benzene rings is 1. The van der Waals surface area contributed by atoms with Gasteiger partial charge >= 0.3 is 0 Å².